The highest BCUT2D eigenvalue weighted by Gasteiger charge is 2.29. The second-order valence-electron chi connectivity index (χ2n) is 7.23. The molecule has 0 radical (unpaired) electrons. The van der Waals surface area contributed by atoms with Crippen LogP contribution in [0.15, 0.2) is 47.4 Å². The molecule has 0 aromatic heterocycles. The molecule has 3 rings (SSSR count). The second-order valence-corrected chi connectivity index (χ2v) is 9.17. The lowest BCUT2D eigenvalue weighted by Gasteiger charge is -2.26. The van der Waals surface area contributed by atoms with Crippen molar-refractivity contribution in [3.8, 4) is 0 Å². The van der Waals surface area contributed by atoms with Crippen molar-refractivity contribution in [1.82, 2.24) is 9.21 Å². The number of hydrogen-bond acceptors (Lipinski definition) is 3. The van der Waals surface area contributed by atoms with Gasteiger partial charge in [0.25, 0.3) is 5.91 Å². The SMILES string of the molecule is Cc1ccc(S(=O)(=O)N2CCCC2)cc1C(=O)N(C)C(C)c1ccc(F)cc1. The third kappa shape index (κ3) is 3.95. The van der Waals surface area contributed by atoms with Crippen molar-refractivity contribution in [2.45, 2.75) is 37.6 Å². The van der Waals surface area contributed by atoms with Crippen molar-refractivity contribution in [1.29, 1.82) is 0 Å². The van der Waals surface area contributed by atoms with E-state index in [0.29, 0.717) is 24.2 Å². The summed E-state index contributed by atoms with van der Waals surface area (Å²) in [4.78, 5) is 14.8. The fourth-order valence-corrected chi connectivity index (χ4v) is 4.94. The standard InChI is InChI=1S/C21H25FN2O3S/c1-15-6-11-19(28(26,27)24-12-4-5-13-24)14-20(15)21(25)23(3)16(2)17-7-9-18(22)10-8-17/h6-11,14,16H,4-5,12-13H2,1-3H3. The summed E-state index contributed by atoms with van der Waals surface area (Å²) in [5.74, 6) is -0.603. The maximum absolute atomic E-state index is 13.2. The number of aryl methyl sites for hydroxylation is 1. The first-order chi connectivity index (χ1) is 13.2. The van der Waals surface area contributed by atoms with Gasteiger partial charge in [0.15, 0.2) is 0 Å². The van der Waals surface area contributed by atoms with Gasteiger partial charge in [0.1, 0.15) is 5.82 Å². The molecule has 0 bridgehead atoms. The zero-order chi connectivity index (χ0) is 20.5. The number of hydrogen-bond donors (Lipinski definition) is 0. The van der Waals surface area contributed by atoms with E-state index in [1.807, 2.05) is 6.92 Å². The van der Waals surface area contributed by atoms with E-state index < -0.39 is 10.0 Å². The van der Waals surface area contributed by atoms with Crippen LogP contribution in [0.5, 0.6) is 0 Å². The summed E-state index contributed by atoms with van der Waals surface area (Å²) in [7, 11) is -1.93. The predicted molar refractivity (Wildman–Crippen MR) is 106 cm³/mol. The first-order valence-electron chi connectivity index (χ1n) is 9.35. The summed E-state index contributed by atoms with van der Waals surface area (Å²) < 4.78 is 40.3. The Bertz CT molecular complexity index is 968. The molecule has 1 unspecified atom stereocenters. The van der Waals surface area contributed by atoms with E-state index in [-0.39, 0.29) is 22.7 Å². The molecule has 5 nitrogen and oxygen atoms in total. The van der Waals surface area contributed by atoms with E-state index >= 15 is 0 Å². The minimum atomic E-state index is -3.59. The third-order valence-electron chi connectivity index (χ3n) is 5.40. The van der Waals surface area contributed by atoms with Gasteiger partial charge in [-0.2, -0.15) is 4.31 Å². The molecular weight excluding hydrogens is 379 g/mol. The first-order valence-corrected chi connectivity index (χ1v) is 10.8. The van der Waals surface area contributed by atoms with Gasteiger partial charge in [-0.25, -0.2) is 12.8 Å². The van der Waals surface area contributed by atoms with Crippen LogP contribution in [-0.2, 0) is 10.0 Å². The van der Waals surface area contributed by atoms with Gasteiger partial charge in [-0.05, 0) is 62.1 Å². The smallest absolute Gasteiger partial charge is 0.254 e. The van der Waals surface area contributed by atoms with Crippen molar-refractivity contribution in [3.05, 3.63) is 65.0 Å². The van der Waals surface area contributed by atoms with Gasteiger partial charge in [-0.1, -0.05) is 18.2 Å². The average Bonchev–Trinajstić information content (AvgIpc) is 3.23. The number of carbonyl (C=O) groups excluding carboxylic acids is 1. The first kappa shape index (κ1) is 20.5. The molecule has 28 heavy (non-hydrogen) atoms. The number of rotatable bonds is 5. The van der Waals surface area contributed by atoms with Crippen LogP contribution >= 0.6 is 0 Å². The van der Waals surface area contributed by atoms with Crippen LogP contribution in [0.3, 0.4) is 0 Å². The Morgan fingerprint density at radius 1 is 1.11 bits per heavy atom. The van der Waals surface area contributed by atoms with Crippen LogP contribution in [0.25, 0.3) is 0 Å². The number of nitrogens with zero attached hydrogens (tertiary/aromatic N) is 2. The Morgan fingerprint density at radius 2 is 1.71 bits per heavy atom. The molecule has 1 amide bonds. The largest absolute Gasteiger partial charge is 0.335 e. The monoisotopic (exact) mass is 404 g/mol. The topological polar surface area (TPSA) is 57.7 Å². The molecule has 1 saturated heterocycles. The zero-order valence-electron chi connectivity index (χ0n) is 16.4. The zero-order valence-corrected chi connectivity index (χ0v) is 17.2. The van der Waals surface area contributed by atoms with E-state index in [1.54, 1.807) is 43.1 Å². The lowest BCUT2D eigenvalue weighted by Crippen LogP contribution is -2.31. The molecule has 0 N–H and O–H groups in total. The Hall–Kier alpha value is -2.25. The molecule has 1 atom stereocenters. The van der Waals surface area contributed by atoms with Gasteiger partial charge in [0.05, 0.1) is 10.9 Å². The maximum atomic E-state index is 13.2. The minimum Gasteiger partial charge on any atom is -0.335 e. The molecule has 1 heterocycles. The van der Waals surface area contributed by atoms with E-state index in [9.17, 15) is 17.6 Å². The van der Waals surface area contributed by atoms with Crippen LogP contribution in [0.4, 0.5) is 4.39 Å². The van der Waals surface area contributed by atoms with Gasteiger partial charge in [0, 0.05) is 25.7 Å². The van der Waals surface area contributed by atoms with Crippen LogP contribution in [0, 0.1) is 12.7 Å². The summed E-state index contributed by atoms with van der Waals surface area (Å²) in [6.07, 6.45) is 1.71. The van der Waals surface area contributed by atoms with Crippen molar-refractivity contribution >= 4 is 15.9 Å². The molecule has 2 aromatic rings. The van der Waals surface area contributed by atoms with Crippen molar-refractivity contribution < 1.29 is 17.6 Å². The summed E-state index contributed by atoms with van der Waals surface area (Å²) in [5, 5.41) is 0. The molecule has 0 saturated carbocycles. The highest BCUT2D eigenvalue weighted by atomic mass is 32.2. The highest BCUT2D eigenvalue weighted by Crippen LogP contribution is 2.26. The molecule has 1 fully saturated rings. The third-order valence-corrected chi connectivity index (χ3v) is 7.29. The fourth-order valence-electron chi connectivity index (χ4n) is 3.40. The molecular formula is C21H25FN2O3S. The van der Waals surface area contributed by atoms with Gasteiger partial charge in [0.2, 0.25) is 10.0 Å². The maximum Gasteiger partial charge on any atom is 0.254 e. The quantitative estimate of drug-likeness (QED) is 0.763. The molecule has 2 aromatic carbocycles. The summed E-state index contributed by atoms with van der Waals surface area (Å²) >= 11 is 0. The average molecular weight is 405 g/mol. The molecule has 1 aliphatic heterocycles. The van der Waals surface area contributed by atoms with E-state index in [0.717, 1.165) is 18.4 Å². The van der Waals surface area contributed by atoms with Crippen LogP contribution < -0.4 is 0 Å². The Labute approximate surface area is 165 Å². The normalized spacial score (nSPS) is 16.1. The Morgan fingerprint density at radius 3 is 2.32 bits per heavy atom. The highest BCUT2D eigenvalue weighted by molar-refractivity contribution is 7.89. The summed E-state index contributed by atoms with van der Waals surface area (Å²) in [6, 6.07) is 10.4. The van der Waals surface area contributed by atoms with E-state index in [1.165, 1.54) is 22.5 Å². The van der Waals surface area contributed by atoms with Gasteiger partial charge < -0.3 is 4.90 Å². The lowest BCUT2D eigenvalue weighted by atomic mass is 10.0. The molecule has 150 valence electrons. The number of amides is 1. The number of halogens is 1. The van der Waals surface area contributed by atoms with E-state index in [2.05, 4.69) is 0 Å². The lowest BCUT2D eigenvalue weighted by molar-refractivity contribution is 0.0741. The van der Waals surface area contributed by atoms with Crippen LogP contribution in [0.1, 0.15) is 47.3 Å². The predicted octanol–water partition coefficient (Wildman–Crippen LogP) is 3.75. The van der Waals surface area contributed by atoms with Crippen molar-refractivity contribution in [3.63, 3.8) is 0 Å². The van der Waals surface area contributed by atoms with Gasteiger partial charge in [-0.3, -0.25) is 4.79 Å². The van der Waals surface area contributed by atoms with Crippen molar-refractivity contribution in [2.75, 3.05) is 20.1 Å². The minimum absolute atomic E-state index is 0.145. The summed E-state index contributed by atoms with van der Waals surface area (Å²) in [6.45, 7) is 4.67. The number of carbonyl (C=O) groups is 1. The van der Waals surface area contributed by atoms with Crippen LogP contribution in [0.2, 0.25) is 0 Å². The van der Waals surface area contributed by atoms with Crippen molar-refractivity contribution in [2.24, 2.45) is 0 Å². The molecule has 7 heteroatoms. The Balaban J connectivity index is 1.89. The van der Waals surface area contributed by atoms with Crippen LogP contribution in [-0.4, -0.2) is 43.7 Å². The number of benzene rings is 2. The number of sulfonamides is 1. The molecule has 0 aliphatic carbocycles. The molecule has 0 spiro atoms. The fraction of sp³-hybridized carbons (Fsp3) is 0.381. The van der Waals surface area contributed by atoms with Gasteiger partial charge in [-0.15, -0.1) is 0 Å². The second kappa shape index (κ2) is 8.01. The van der Waals surface area contributed by atoms with Gasteiger partial charge >= 0.3 is 0 Å². The van der Waals surface area contributed by atoms with E-state index in [4.69, 9.17) is 0 Å². The summed E-state index contributed by atoms with van der Waals surface area (Å²) in [5.41, 5.74) is 1.87. The Kier molecular flexibility index (Phi) is 5.86. The molecule has 1 aliphatic rings.